The van der Waals surface area contributed by atoms with E-state index in [1.54, 1.807) is 11.3 Å². The van der Waals surface area contributed by atoms with Crippen molar-refractivity contribution in [3.63, 3.8) is 0 Å². The van der Waals surface area contributed by atoms with E-state index in [0.29, 0.717) is 5.28 Å². The van der Waals surface area contributed by atoms with Gasteiger partial charge in [0, 0.05) is 29.1 Å². The summed E-state index contributed by atoms with van der Waals surface area (Å²) in [6.45, 7) is 6.19. The molecule has 0 amide bonds. The van der Waals surface area contributed by atoms with E-state index >= 15 is 0 Å². The lowest BCUT2D eigenvalue weighted by Crippen LogP contribution is -2.25. The Labute approximate surface area is 156 Å². The number of fused-ring (bicyclic) bond motifs is 1. The van der Waals surface area contributed by atoms with Gasteiger partial charge in [0.1, 0.15) is 10.6 Å². The van der Waals surface area contributed by atoms with Gasteiger partial charge in [0.15, 0.2) is 0 Å². The molecule has 0 fully saturated rings. The molecular formula is C18H19Cl2N3S. The van der Waals surface area contributed by atoms with Gasteiger partial charge in [-0.25, -0.2) is 4.98 Å². The molecule has 0 aliphatic carbocycles. The molecular weight excluding hydrogens is 361 g/mol. The molecule has 6 heteroatoms. The number of unbranched alkanes of at least 4 members (excludes halogenated alkanes) is 1. The van der Waals surface area contributed by atoms with Gasteiger partial charge in [-0.2, -0.15) is 4.98 Å². The minimum atomic E-state index is 0.303. The predicted molar refractivity (Wildman–Crippen MR) is 106 cm³/mol. The van der Waals surface area contributed by atoms with Gasteiger partial charge in [-0.15, -0.1) is 11.3 Å². The monoisotopic (exact) mass is 379 g/mol. The van der Waals surface area contributed by atoms with Crippen LogP contribution in [0.15, 0.2) is 29.6 Å². The fraction of sp³-hybridized carbons (Fsp3) is 0.333. The molecule has 2 aromatic heterocycles. The number of anilines is 1. The van der Waals surface area contributed by atoms with Crippen LogP contribution in [-0.4, -0.2) is 23.1 Å². The summed E-state index contributed by atoms with van der Waals surface area (Å²) in [6, 6.07) is 7.88. The van der Waals surface area contributed by atoms with Gasteiger partial charge in [0.2, 0.25) is 5.28 Å². The van der Waals surface area contributed by atoms with Crippen molar-refractivity contribution in [2.24, 2.45) is 0 Å². The van der Waals surface area contributed by atoms with Gasteiger partial charge >= 0.3 is 0 Å². The standard InChI is InChI=1S/C18H19Cl2N3S/c1-3-5-10-23(4-2)16-15-14(12-6-8-13(19)9-7-12)11-24-17(15)22-18(20)21-16/h6-9,11H,3-5,10H2,1-2H3. The number of thiophene rings is 1. The molecule has 0 atom stereocenters. The Kier molecular flexibility index (Phi) is 5.59. The fourth-order valence-corrected chi connectivity index (χ4v) is 4.01. The second kappa shape index (κ2) is 7.68. The second-order valence-electron chi connectivity index (χ2n) is 5.59. The van der Waals surface area contributed by atoms with Gasteiger partial charge in [0.05, 0.1) is 5.39 Å². The van der Waals surface area contributed by atoms with Crippen molar-refractivity contribution in [3.8, 4) is 11.1 Å². The van der Waals surface area contributed by atoms with Crippen molar-refractivity contribution in [2.45, 2.75) is 26.7 Å². The van der Waals surface area contributed by atoms with E-state index < -0.39 is 0 Å². The van der Waals surface area contributed by atoms with Crippen molar-refractivity contribution < 1.29 is 0 Å². The van der Waals surface area contributed by atoms with Gasteiger partial charge in [-0.1, -0.05) is 37.1 Å². The number of hydrogen-bond donors (Lipinski definition) is 0. The smallest absolute Gasteiger partial charge is 0.225 e. The lowest BCUT2D eigenvalue weighted by Gasteiger charge is -2.23. The first-order chi connectivity index (χ1) is 11.6. The zero-order valence-corrected chi connectivity index (χ0v) is 16.0. The van der Waals surface area contributed by atoms with Crippen LogP contribution in [0.3, 0.4) is 0 Å². The lowest BCUT2D eigenvalue weighted by molar-refractivity contribution is 0.726. The number of aromatic nitrogens is 2. The SMILES string of the molecule is CCCCN(CC)c1nc(Cl)nc2scc(-c3ccc(Cl)cc3)c12. The van der Waals surface area contributed by atoms with Crippen LogP contribution in [0, 0.1) is 0 Å². The van der Waals surface area contributed by atoms with Crippen LogP contribution in [-0.2, 0) is 0 Å². The van der Waals surface area contributed by atoms with E-state index in [-0.39, 0.29) is 0 Å². The number of halogens is 2. The molecule has 0 aliphatic heterocycles. The quantitative estimate of drug-likeness (QED) is 0.471. The molecule has 0 aliphatic rings. The minimum absolute atomic E-state index is 0.303. The van der Waals surface area contributed by atoms with Crippen LogP contribution in [0.1, 0.15) is 26.7 Å². The van der Waals surface area contributed by atoms with Crippen LogP contribution in [0.25, 0.3) is 21.3 Å². The topological polar surface area (TPSA) is 29.0 Å². The van der Waals surface area contributed by atoms with Crippen molar-refractivity contribution in [2.75, 3.05) is 18.0 Å². The third-order valence-electron chi connectivity index (χ3n) is 4.01. The molecule has 0 saturated carbocycles. The lowest BCUT2D eigenvalue weighted by atomic mass is 10.1. The summed E-state index contributed by atoms with van der Waals surface area (Å²) < 4.78 is 0. The molecule has 126 valence electrons. The highest BCUT2D eigenvalue weighted by Gasteiger charge is 2.18. The summed E-state index contributed by atoms with van der Waals surface area (Å²) >= 11 is 13.8. The Hall–Kier alpha value is -1.36. The normalized spacial score (nSPS) is 11.2. The Bertz CT molecular complexity index is 830. The Morgan fingerprint density at radius 2 is 1.83 bits per heavy atom. The molecule has 24 heavy (non-hydrogen) atoms. The number of rotatable bonds is 6. The Morgan fingerprint density at radius 1 is 1.08 bits per heavy atom. The van der Waals surface area contributed by atoms with Crippen molar-refractivity contribution in [1.82, 2.24) is 9.97 Å². The molecule has 3 aromatic rings. The maximum absolute atomic E-state index is 6.18. The largest absolute Gasteiger partial charge is 0.356 e. The summed E-state index contributed by atoms with van der Waals surface area (Å²) in [7, 11) is 0. The molecule has 0 bridgehead atoms. The van der Waals surface area contributed by atoms with E-state index in [9.17, 15) is 0 Å². The first-order valence-electron chi connectivity index (χ1n) is 8.09. The zero-order valence-electron chi connectivity index (χ0n) is 13.7. The van der Waals surface area contributed by atoms with Gasteiger partial charge in [-0.3, -0.25) is 0 Å². The van der Waals surface area contributed by atoms with Crippen LogP contribution in [0.5, 0.6) is 0 Å². The molecule has 0 radical (unpaired) electrons. The van der Waals surface area contributed by atoms with Gasteiger partial charge in [-0.05, 0) is 42.6 Å². The minimum Gasteiger partial charge on any atom is -0.356 e. The first-order valence-corrected chi connectivity index (χ1v) is 9.73. The Morgan fingerprint density at radius 3 is 2.50 bits per heavy atom. The van der Waals surface area contributed by atoms with E-state index in [1.165, 1.54) is 0 Å². The highest BCUT2D eigenvalue weighted by molar-refractivity contribution is 7.17. The van der Waals surface area contributed by atoms with E-state index in [1.807, 2.05) is 24.3 Å². The van der Waals surface area contributed by atoms with E-state index in [0.717, 1.165) is 58.1 Å². The van der Waals surface area contributed by atoms with Crippen LogP contribution >= 0.6 is 34.5 Å². The maximum atomic E-state index is 6.18. The maximum Gasteiger partial charge on any atom is 0.225 e. The summed E-state index contributed by atoms with van der Waals surface area (Å²) in [4.78, 5) is 12.2. The molecule has 1 aromatic carbocycles. The average molecular weight is 380 g/mol. The first kappa shape index (κ1) is 17.5. The number of hydrogen-bond acceptors (Lipinski definition) is 4. The molecule has 0 N–H and O–H groups in total. The third-order valence-corrected chi connectivity index (χ3v) is 5.30. The molecule has 0 unspecified atom stereocenters. The van der Waals surface area contributed by atoms with E-state index in [4.69, 9.17) is 23.2 Å². The Balaban J connectivity index is 2.16. The number of nitrogens with zero attached hydrogens (tertiary/aromatic N) is 3. The summed E-state index contributed by atoms with van der Waals surface area (Å²) in [6.07, 6.45) is 2.27. The average Bonchev–Trinajstić information content (AvgIpc) is 2.99. The molecule has 3 nitrogen and oxygen atoms in total. The van der Waals surface area contributed by atoms with Crippen LogP contribution in [0.4, 0.5) is 5.82 Å². The molecule has 0 spiro atoms. The second-order valence-corrected chi connectivity index (χ2v) is 7.22. The van der Waals surface area contributed by atoms with Gasteiger partial charge < -0.3 is 4.90 Å². The highest BCUT2D eigenvalue weighted by atomic mass is 35.5. The molecule has 2 heterocycles. The molecule has 0 saturated heterocycles. The zero-order chi connectivity index (χ0) is 17.1. The summed E-state index contributed by atoms with van der Waals surface area (Å²) in [5, 5.41) is 4.23. The van der Waals surface area contributed by atoms with Crippen molar-refractivity contribution in [3.05, 3.63) is 40.0 Å². The fourth-order valence-electron chi connectivity index (χ4n) is 2.73. The molecule has 3 rings (SSSR count). The number of benzene rings is 1. The summed E-state index contributed by atoms with van der Waals surface area (Å²) in [5.41, 5.74) is 2.25. The van der Waals surface area contributed by atoms with Crippen LogP contribution in [0.2, 0.25) is 10.3 Å². The third kappa shape index (κ3) is 3.51. The van der Waals surface area contributed by atoms with E-state index in [2.05, 4.69) is 34.1 Å². The van der Waals surface area contributed by atoms with Crippen molar-refractivity contribution in [1.29, 1.82) is 0 Å². The van der Waals surface area contributed by atoms with Crippen LogP contribution < -0.4 is 4.90 Å². The van der Waals surface area contributed by atoms with Crippen molar-refractivity contribution >= 4 is 50.6 Å². The van der Waals surface area contributed by atoms with Gasteiger partial charge in [0.25, 0.3) is 0 Å². The predicted octanol–water partition coefficient (Wildman–Crippen LogP) is 6.29. The summed E-state index contributed by atoms with van der Waals surface area (Å²) in [5.74, 6) is 0.923. The highest BCUT2D eigenvalue weighted by Crippen LogP contribution is 2.39.